The predicted octanol–water partition coefficient (Wildman–Crippen LogP) is 0.575. The number of hydrazine groups is 1. The molecule has 0 unspecified atom stereocenters. The molecule has 3 heteroatoms. The minimum atomic E-state index is 0.883. The first-order valence-electron chi connectivity index (χ1n) is 4.38. The highest BCUT2D eigenvalue weighted by molar-refractivity contribution is 4.58. The van der Waals surface area contributed by atoms with Gasteiger partial charge in [0.25, 0.3) is 0 Å². The van der Waals surface area contributed by atoms with Crippen LogP contribution in [0.25, 0.3) is 0 Å². The van der Waals surface area contributed by atoms with E-state index in [1.54, 1.807) is 0 Å². The largest absolute Gasteiger partial charge is 0.379 e. The molecule has 0 aromatic carbocycles. The third kappa shape index (κ3) is 2.77. The fourth-order valence-corrected chi connectivity index (χ4v) is 1.36. The molecule has 1 rings (SSSR count). The number of hydrogen-bond acceptors (Lipinski definition) is 3. The first-order chi connectivity index (χ1) is 5.34. The molecule has 1 fully saturated rings. The zero-order valence-corrected chi connectivity index (χ0v) is 7.55. The molecule has 11 heavy (non-hydrogen) atoms. The van der Waals surface area contributed by atoms with E-state index in [4.69, 9.17) is 4.74 Å². The molecule has 1 aliphatic rings. The number of ether oxygens (including phenoxy) is 1. The van der Waals surface area contributed by atoms with Crippen LogP contribution >= 0.6 is 0 Å². The maximum absolute atomic E-state index is 5.26. The second-order valence-corrected chi connectivity index (χ2v) is 2.95. The summed E-state index contributed by atoms with van der Waals surface area (Å²) in [4.78, 5) is 0. The summed E-state index contributed by atoms with van der Waals surface area (Å²) in [6.07, 6.45) is 1.22. The average molecular weight is 158 g/mol. The molecule has 0 aromatic heterocycles. The van der Waals surface area contributed by atoms with E-state index in [1.807, 2.05) is 0 Å². The lowest BCUT2D eigenvalue weighted by molar-refractivity contribution is -0.0752. The van der Waals surface area contributed by atoms with Gasteiger partial charge < -0.3 is 4.74 Å². The molecular weight excluding hydrogens is 140 g/mol. The molecule has 0 aliphatic carbocycles. The summed E-state index contributed by atoms with van der Waals surface area (Å²) in [5.41, 5.74) is 0. The van der Waals surface area contributed by atoms with Crippen LogP contribution in [0, 0.1) is 0 Å². The summed E-state index contributed by atoms with van der Waals surface area (Å²) in [6.45, 7) is 7.23. The Balaban J connectivity index is 2.21. The Morgan fingerprint density at radius 2 is 2.00 bits per heavy atom. The van der Waals surface area contributed by atoms with Gasteiger partial charge in [0, 0.05) is 26.7 Å². The van der Waals surface area contributed by atoms with Gasteiger partial charge in [0.1, 0.15) is 0 Å². The molecule has 0 N–H and O–H groups in total. The van der Waals surface area contributed by atoms with Gasteiger partial charge in [0.15, 0.2) is 0 Å². The van der Waals surface area contributed by atoms with Crippen LogP contribution in [-0.4, -0.2) is 49.9 Å². The first-order valence-corrected chi connectivity index (χ1v) is 4.38. The Morgan fingerprint density at radius 1 is 1.36 bits per heavy atom. The van der Waals surface area contributed by atoms with E-state index in [1.165, 1.54) is 6.42 Å². The van der Waals surface area contributed by atoms with Gasteiger partial charge in [-0.25, -0.2) is 10.0 Å². The smallest absolute Gasteiger partial charge is 0.0608 e. The number of morpholine rings is 1. The lowest BCUT2D eigenvalue weighted by Crippen LogP contribution is -2.46. The van der Waals surface area contributed by atoms with Crippen molar-refractivity contribution in [3.8, 4) is 0 Å². The molecule has 0 spiro atoms. The van der Waals surface area contributed by atoms with Gasteiger partial charge in [-0.3, -0.25) is 0 Å². The summed E-state index contributed by atoms with van der Waals surface area (Å²) < 4.78 is 5.26. The molecule has 1 saturated heterocycles. The molecule has 0 atom stereocenters. The van der Waals surface area contributed by atoms with Crippen LogP contribution in [0.3, 0.4) is 0 Å². The van der Waals surface area contributed by atoms with Gasteiger partial charge in [-0.1, -0.05) is 6.92 Å². The van der Waals surface area contributed by atoms with Gasteiger partial charge >= 0.3 is 0 Å². The Morgan fingerprint density at radius 3 is 2.55 bits per heavy atom. The topological polar surface area (TPSA) is 15.7 Å². The molecule has 0 aromatic rings. The molecule has 66 valence electrons. The van der Waals surface area contributed by atoms with Gasteiger partial charge in [-0.2, -0.15) is 0 Å². The van der Waals surface area contributed by atoms with Crippen molar-refractivity contribution in [2.75, 3.05) is 39.9 Å². The van der Waals surface area contributed by atoms with E-state index in [2.05, 4.69) is 24.0 Å². The predicted molar refractivity (Wildman–Crippen MR) is 45.3 cm³/mol. The second kappa shape index (κ2) is 4.70. The summed E-state index contributed by atoms with van der Waals surface area (Å²) >= 11 is 0. The molecule has 3 nitrogen and oxygen atoms in total. The Kier molecular flexibility index (Phi) is 3.83. The molecule has 0 saturated carbocycles. The van der Waals surface area contributed by atoms with Gasteiger partial charge in [0.05, 0.1) is 13.2 Å². The Bertz CT molecular complexity index is 102. The summed E-state index contributed by atoms with van der Waals surface area (Å²) in [7, 11) is 2.15. The number of rotatable bonds is 3. The highest BCUT2D eigenvalue weighted by Crippen LogP contribution is 2.00. The molecular formula is C8H18N2O. The second-order valence-electron chi connectivity index (χ2n) is 2.95. The zero-order chi connectivity index (χ0) is 8.10. The van der Waals surface area contributed by atoms with Gasteiger partial charge in [-0.15, -0.1) is 0 Å². The van der Waals surface area contributed by atoms with E-state index in [0.717, 1.165) is 32.8 Å². The summed E-state index contributed by atoms with van der Waals surface area (Å²) in [5.74, 6) is 0. The van der Waals surface area contributed by atoms with E-state index < -0.39 is 0 Å². The monoisotopic (exact) mass is 158 g/mol. The Hall–Kier alpha value is -0.120. The van der Waals surface area contributed by atoms with Crippen molar-refractivity contribution in [1.82, 2.24) is 10.0 Å². The lowest BCUT2D eigenvalue weighted by atomic mass is 10.4. The van der Waals surface area contributed by atoms with E-state index >= 15 is 0 Å². The minimum Gasteiger partial charge on any atom is -0.379 e. The molecule has 0 radical (unpaired) electrons. The lowest BCUT2D eigenvalue weighted by Gasteiger charge is -2.34. The van der Waals surface area contributed by atoms with Gasteiger partial charge in [0.2, 0.25) is 0 Å². The molecule has 0 bridgehead atoms. The fourth-order valence-electron chi connectivity index (χ4n) is 1.36. The molecule has 1 aliphatic heterocycles. The highest BCUT2D eigenvalue weighted by Gasteiger charge is 2.13. The van der Waals surface area contributed by atoms with Crippen LogP contribution in [0.4, 0.5) is 0 Å². The van der Waals surface area contributed by atoms with Crippen molar-refractivity contribution in [3.05, 3.63) is 0 Å². The zero-order valence-electron chi connectivity index (χ0n) is 7.55. The van der Waals surface area contributed by atoms with Crippen molar-refractivity contribution in [1.29, 1.82) is 0 Å². The Labute approximate surface area is 68.9 Å². The maximum atomic E-state index is 5.26. The normalized spacial score (nSPS) is 21.0. The standard InChI is InChI=1S/C8H18N2O/c1-3-4-9(2)10-5-7-11-8-6-10/h3-8H2,1-2H3. The van der Waals surface area contributed by atoms with Crippen LogP contribution in [0.15, 0.2) is 0 Å². The number of nitrogens with zero attached hydrogens (tertiary/aromatic N) is 2. The van der Waals surface area contributed by atoms with Crippen molar-refractivity contribution < 1.29 is 4.74 Å². The van der Waals surface area contributed by atoms with Crippen LogP contribution < -0.4 is 0 Å². The third-order valence-corrected chi connectivity index (χ3v) is 2.02. The van der Waals surface area contributed by atoms with Crippen LogP contribution in [-0.2, 0) is 4.74 Å². The van der Waals surface area contributed by atoms with Gasteiger partial charge in [-0.05, 0) is 6.42 Å². The first kappa shape index (κ1) is 8.97. The minimum absolute atomic E-state index is 0.883. The van der Waals surface area contributed by atoms with Crippen molar-refractivity contribution in [2.24, 2.45) is 0 Å². The summed E-state index contributed by atoms with van der Waals surface area (Å²) in [5, 5.41) is 4.65. The van der Waals surface area contributed by atoms with Crippen molar-refractivity contribution >= 4 is 0 Å². The molecule has 1 heterocycles. The van der Waals surface area contributed by atoms with Crippen molar-refractivity contribution in [2.45, 2.75) is 13.3 Å². The quantitative estimate of drug-likeness (QED) is 0.597. The third-order valence-electron chi connectivity index (χ3n) is 2.02. The summed E-state index contributed by atoms with van der Waals surface area (Å²) in [6, 6.07) is 0. The van der Waals surface area contributed by atoms with Crippen LogP contribution in [0.1, 0.15) is 13.3 Å². The maximum Gasteiger partial charge on any atom is 0.0608 e. The van der Waals surface area contributed by atoms with E-state index in [9.17, 15) is 0 Å². The van der Waals surface area contributed by atoms with Crippen molar-refractivity contribution in [3.63, 3.8) is 0 Å². The van der Waals surface area contributed by atoms with Crippen LogP contribution in [0.5, 0.6) is 0 Å². The van der Waals surface area contributed by atoms with E-state index in [-0.39, 0.29) is 0 Å². The number of hydrogen-bond donors (Lipinski definition) is 0. The van der Waals surface area contributed by atoms with Crippen LogP contribution in [0.2, 0.25) is 0 Å². The highest BCUT2D eigenvalue weighted by atomic mass is 16.5. The molecule has 0 amide bonds. The SMILES string of the molecule is CCCN(C)N1CCOCC1. The average Bonchev–Trinajstić information content (AvgIpc) is 2.07. The fraction of sp³-hybridized carbons (Fsp3) is 1.00. The van der Waals surface area contributed by atoms with E-state index in [0.29, 0.717) is 0 Å².